The molecular formula is C17H22N4O4. The van der Waals surface area contributed by atoms with E-state index in [9.17, 15) is 9.59 Å². The van der Waals surface area contributed by atoms with Crippen molar-refractivity contribution in [2.75, 3.05) is 26.8 Å². The molecule has 0 aliphatic carbocycles. The van der Waals surface area contributed by atoms with Crippen molar-refractivity contribution in [3.8, 4) is 0 Å². The van der Waals surface area contributed by atoms with Crippen molar-refractivity contribution in [2.24, 2.45) is 0 Å². The van der Waals surface area contributed by atoms with Crippen LogP contribution in [0.25, 0.3) is 0 Å². The third-order valence-electron chi connectivity index (χ3n) is 3.45. The van der Waals surface area contributed by atoms with Gasteiger partial charge in [-0.2, -0.15) is 0 Å². The van der Waals surface area contributed by atoms with Crippen LogP contribution in [-0.4, -0.2) is 53.5 Å². The summed E-state index contributed by atoms with van der Waals surface area (Å²) in [5, 5.41) is 2.80. The van der Waals surface area contributed by atoms with Crippen LogP contribution in [0.4, 0.5) is 0 Å². The van der Waals surface area contributed by atoms with Gasteiger partial charge >= 0.3 is 0 Å². The van der Waals surface area contributed by atoms with E-state index in [1.807, 2.05) is 0 Å². The summed E-state index contributed by atoms with van der Waals surface area (Å²) in [6, 6.07) is 3.53. The molecule has 2 heterocycles. The van der Waals surface area contributed by atoms with Crippen molar-refractivity contribution in [2.45, 2.75) is 19.4 Å². The second-order valence-electron chi connectivity index (χ2n) is 5.34. The lowest BCUT2D eigenvalue weighted by atomic mass is 10.3. The van der Waals surface area contributed by atoms with Gasteiger partial charge in [-0.3, -0.25) is 14.6 Å². The van der Waals surface area contributed by atoms with Gasteiger partial charge in [-0.05, 0) is 18.6 Å². The number of hydrogen-bond acceptors (Lipinski definition) is 6. The van der Waals surface area contributed by atoms with E-state index in [1.54, 1.807) is 25.5 Å². The second kappa shape index (κ2) is 10.2. The van der Waals surface area contributed by atoms with Crippen molar-refractivity contribution in [1.82, 2.24) is 20.2 Å². The third kappa shape index (κ3) is 6.34. The highest BCUT2D eigenvalue weighted by molar-refractivity contribution is 5.92. The highest BCUT2D eigenvalue weighted by atomic mass is 16.5. The third-order valence-corrected chi connectivity index (χ3v) is 3.45. The molecule has 0 saturated carbocycles. The number of furan rings is 1. The predicted molar refractivity (Wildman–Crippen MR) is 89.6 cm³/mol. The number of carbonyl (C=O) groups excluding carboxylic acids is 2. The van der Waals surface area contributed by atoms with Crippen molar-refractivity contribution in [3.63, 3.8) is 0 Å². The Bertz CT molecular complexity index is 646. The van der Waals surface area contributed by atoms with E-state index in [2.05, 4.69) is 15.3 Å². The first-order chi connectivity index (χ1) is 12.2. The quantitative estimate of drug-likeness (QED) is 0.650. The number of rotatable bonds is 10. The van der Waals surface area contributed by atoms with E-state index < -0.39 is 0 Å². The molecule has 2 aromatic rings. The van der Waals surface area contributed by atoms with Gasteiger partial charge in [0.05, 0.1) is 19.0 Å². The molecule has 134 valence electrons. The molecule has 2 aromatic heterocycles. The van der Waals surface area contributed by atoms with Crippen LogP contribution >= 0.6 is 0 Å². The minimum atomic E-state index is -0.295. The Morgan fingerprint density at radius 1 is 1.36 bits per heavy atom. The van der Waals surface area contributed by atoms with E-state index in [1.165, 1.54) is 23.5 Å². The number of ether oxygens (including phenoxy) is 1. The average molecular weight is 346 g/mol. The summed E-state index contributed by atoms with van der Waals surface area (Å²) in [4.78, 5) is 34.0. The predicted octanol–water partition coefficient (Wildman–Crippen LogP) is 1.25. The van der Waals surface area contributed by atoms with Crippen LogP contribution in [0.1, 0.15) is 29.1 Å². The molecule has 0 fully saturated rings. The molecule has 0 unspecified atom stereocenters. The molecule has 25 heavy (non-hydrogen) atoms. The Morgan fingerprint density at radius 2 is 2.24 bits per heavy atom. The van der Waals surface area contributed by atoms with E-state index in [0.29, 0.717) is 18.9 Å². The number of aromatic nitrogens is 2. The molecule has 0 atom stereocenters. The highest BCUT2D eigenvalue weighted by Crippen LogP contribution is 2.09. The fourth-order valence-corrected chi connectivity index (χ4v) is 2.18. The number of nitrogens with zero attached hydrogens (tertiary/aromatic N) is 3. The van der Waals surface area contributed by atoms with Crippen molar-refractivity contribution in [3.05, 3.63) is 48.4 Å². The summed E-state index contributed by atoms with van der Waals surface area (Å²) in [6.07, 6.45) is 6.85. The highest BCUT2D eigenvalue weighted by Gasteiger charge is 2.19. The molecule has 0 bridgehead atoms. The minimum Gasteiger partial charge on any atom is -0.467 e. The molecule has 0 aromatic carbocycles. The lowest BCUT2D eigenvalue weighted by Crippen LogP contribution is -2.35. The summed E-state index contributed by atoms with van der Waals surface area (Å²) in [7, 11) is 1.62. The second-order valence-corrected chi connectivity index (χ2v) is 5.34. The maximum Gasteiger partial charge on any atom is 0.274 e. The van der Waals surface area contributed by atoms with Gasteiger partial charge in [-0.25, -0.2) is 4.98 Å². The molecule has 8 heteroatoms. The zero-order valence-corrected chi connectivity index (χ0v) is 14.2. The first-order valence-corrected chi connectivity index (χ1v) is 8.04. The Hall–Kier alpha value is -2.74. The van der Waals surface area contributed by atoms with Gasteiger partial charge in [0, 0.05) is 45.6 Å². The molecule has 8 nitrogen and oxygen atoms in total. The van der Waals surface area contributed by atoms with Gasteiger partial charge in [0.25, 0.3) is 5.91 Å². The van der Waals surface area contributed by atoms with Crippen LogP contribution in [0.15, 0.2) is 41.4 Å². The van der Waals surface area contributed by atoms with Crippen molar-refractivity contribution in [1.29, 1.82) is 0 Å². The fourth-order valence-electron chi connectivity index (χ4n) is 2.18. The van der Waals surface area contributed by atoms with Gasteiger partial charge in [0.2, 0.25) is 5.91 Å². The summed E-state index contributed by atoms with van der Waals surface area (Å²) >= 11 is 0. The summed E-state index contributed by atoms with van der Waals surface area (Å²) < 4.78 is 10.2. The average Bonchev–Trinajstić information content (AvgIpc) is 3.15. The zero-order chi connectivity index (χ0) is 17.9. The SMILES string of the molecule is COCCCNC(=O)CCN(Cc1ccco1)C(=O)c1cnccn1. The largest absolute Gasteiger partial charge is 0.467 e. The van der Waals surface area contributed by atoms with Crippen LogP contribution in [0.3, 0.4) is 0 Å². The van der Waals surface area contributed by atoms with Gasteiger partial charge in [-0.1, -0.05) is 0 Å². The van der Waals surface area contributed by atoms with E-state index in [-0.39, 0.29) is 37.0 Å². The molecule has 0 aliphatic heterocycles. The molecule has 2 amide bonds. The molecule has 0 spiro atoms. The lowest BCUT2D eigenvalue weighted by molar-refractivity contribution is -0.121. The minimum absolute atomic E-state index is 0.118. The van der Waals surface area contributed by atoms with Crippen LogP contribution in [0.2, 0.25) is 0 Å². The molecule has 0 saturated heterocycles. The molecular weight excluding hydrogens is 324 g/mol. The summed E-state index contributed by atoms with van der Waals surface area (Å²) in [5.41, 5.74) is 0.231. The lowest BCUT2D eigenvalue weighted by Gasteiger charge is -2.21. The van der Waals surface area contributed by atoms with E-state index in [4.69, 9.17) is 9.15 Å². The molecule has 0 radical (unpaired) electrons. The first-order valence-electron chi connectivity index (χ1n) is 8.04. The summed E-state index contributed by atoms with van der Waals surface area (Å²) in [6.45, 7) is 1.66. The Morgan fingerprint density at radius 3 is 2.92 bits per heavy atom. The molecule has 2 rings (SSSR count). The number of hydrogen-bond donors (Lipinski definition) is 1. The van der Waals surface area contributed by atoms with Gasteiger partial charge in [0.1, 0.15) is 11.5 Å². The first kappa shape index (κ1) is 18.6. The number of methoxy groups -OCH3 is 1. The summed E-state index contributed by atoms with van der Waals surface area (Å²) in [5.74, 6) is 0.224. The number of nitrogens with one attached hydrogen (secondary N) is 1. The maximum absolute atomic E-state index is 12.6. The fraction of sp³-hybridized carbons (Fsp3) is 0.412. The van der Waals surface area contributed by atoms with Crippen LogP contribution in [0, 0.1) is 0 Å². The van der Waals surface area contributed by atoms with E-state index in [0.717, 1.165) is 6.42 Å². The Balaban J connectivity index is 1.93. The van der Waals surface area contributed by atoms with E-state index >= 15 is 0 Å². The van der Waals surface area contributed by atoms with Crippen LogP contribution in [-0.2, 0) is 16.1 Å². The smallest absolute Gasteiger partial charge is 0.274 e. The van der Waals surface area contributed by atoms with Crippen molar-refractivity contribution < 1.29 is 18.7 Å². The van der Waals surface area contributed by atoms with Gasteiger partial charge in [0.15, 0.2) is 0 Å². The maximum atomic E-state index is 12.6. The zero-order valence-electron chi connectivity index (χ0n) is 14.2. The normalized spacial score (nSPS) is 10.4. The Kier molecular flexibility index (Phi) is 7.58. The topological polar surface area (TPSA) is 97.6 Å². The monoisotopic (exact) mass is 346 g/mol. The molecule has 0 aliphatic rings. The standard InChI is InChI=1S/C17H22N4O4/c1-24-10-3-6-20-16(22)5-9-21(13-14-4-2-11-25-14)17(23)15-12-18-7-8-19-15/h2,4,7-8,11-12H,3,5-6,9-10,13H2,1H3,(H,20,22). The molecule has 1 N–H and O–H groups in total. The van der Waals surface area contributed by atoms with Crippen LogP contribution in [0.5, 0.6) is 0 Å². The van der Waals surface area contributed by atoms with Crippen molar-refractivity contribution >= 4 is 11.8 Å². The van der Waals surface area contributed by atoms with Gasteiger partial charge < -0.3 is 19.4 Å². The number of carbonyl (C=O) groups is 2. The Labute approximate surface area is 146 Å². The number of amides is 2. The van der Waals surface area contributed by atoms with Crippen LogP contribution < -0.4 is 5.32 Å². The van der Waals surface area contributed by atoms with Gasteiger partial charge in [-0.15, -0.1) is 0 Å².